The van der Waals surface area contributed by atoms with Gasteiger partial charge in [-0.1, -0.05) is 18.9 Å². The van der Waals surface area contributed by atoms with Crippen LogP contribution in [0.5, 0.6) is 0 Å². The first-order chi connectivity index (χ1) is 6.34. The summed E-state index contributed by atoms with van der Waals surface area (Å²) in [6.07, 6.45) is 8.91. The van der Waals surface area contributed by atoms with Gasteiger partial charge >= 0.3 is 0 Å². The molecular weight excluding hydrogens is 164 g/mol. The molecule has 2 nitrogen and oxygen atoms in total. The van der Waals surface area contributed by atoms with Crippen molar-refractivity contribution in [3.63, 3.8) is 0 Å². The number of allylic oxidation sites excluding steroid dienone is 2. The molecule has 0 aromatic heterocycles. The lowest BCUT2D eigenvalue weighted by Crippen LogP contribution is -1.95. The standard InChI is InChI=1S/C11H18O2/c12-9-4-2-1-3-6-10-7-5-8-11(10)13/h7,12H,1-6,8-9H2. The van der Waals surface area contributed by atoms with E-state index in [1.54, 1.807) is 0 Å². The second kappa shape index (κ2) is 5.92. The highest BCUT2D eigenvalue weighted by Crippen LogP contribution is 2.19. The van der Waals surface area contributed by atoms with Crippen molar-refractivity contribution in [3.05, 3.63) is 11.6 Å². The molecule has 1 rings (SSSR count). The van der Waals surface area contributed by atoms with Crippen LogP contribution in [-0.4, -0.2) is 17.5 Å². The second-order valence-electron chi connectivity index (χ2n) is 3.58. The van der Waals surface area contributed by atoms with Gasteiger partial charge in [0.05, 0.1) is 0 Å². The number of ketones is 1. The topological polar surface area (TPSA) is 37.3 Å². The van der Waals surface area contributed by atoms with E-state index in [1.165, 1.54) is 0 Å². The Balaban J connectivity index is 2.02. The summed E-state index contributed by atoms with van der Waals surface area (Å²) in [6, 6.07) is 0. The minimum absolute atomic E-state index is 0.293. The van der Waals surface area contributed by atoms with Gasteiger partial charge in [0.2, 0.25) is 0 Å². The molecule has 0 heterocycles. The molecule has 0 aliphatic heterocycles. The largest absolute Gasteiger partial charge is 0.396 e. The van der Waals surface area contributed by atoms with Gasteiger partial charge < -0.3 is 5.11 Å². The highest BCUT2D eigenvalue weighted by molar-refractivity contribution is 5.97. The average Bonchev–Trinajstić information content (AvgIpc) is 2.52. The fourth-order valence-corrected chi connectivity index (χ4v) is 1.67. The van der Waals surface area contributed by atoms with Crippen molar-refractivity contribution in [1.29, 1.82) is 0 Å². The van der Waals surface area contributed by atoms with Crippen LogP contribution in [0.4, 0.5) is 0 Å². The Hall–Kier alpha value is -0.630. The summed E-state index contributed by atoms with van der Waals surface area (Å²) >= 11 is 0. The maximum Gasteiger partial charge on any atom is 0.158 e. The van der Waals surface area contributed by atoms with Crippen LogP contribution >= 0.6 is 0 Å². The van der Waals surface area contributed by atoms with Crippen LogP contribution in [-0.2, 0) is 4.79 Å². The number of aliphatic hydroxyl groups excluding tert-OH is 1. The molecule has 0 amide bonds. The Morgan fingerprint density at radius 3 is 2.62 bits per heavy atom. The predicted octanol–water partition coefficient (Wildman–Crippen LogP) is 2.22. The van der Waals surface area contributed by atoms with E-state index in [0.29, 0.717) is 12.4 Å². The summed E-state index contributed by atoms with van der Waals surface area (Å²) in [7, 11) is 0. The quantitative estimate of drug-likeness (QED) is 0.639. The smallest absolute Gasteiger partial charge is 0.158 e. The van der Waals surface area contributed by atoms with Crippen LogP contribution in [0, 0.1) is 0 Å². The molecule has 1 N–H and O–H groups in total. The molecule has 0 saturated carbocycles. The minimum Gasteiger partial charge on any atom is -0.396 e. The fraction of sp³-hybridized carbons (Fsp3) is 0.727. The summed E-state index contributed by atoms with van der Waals surface area (Å²) in [5.74, 6) is 0.349. The number of hydrogen-bond acceptors (Lipinski definition) is 2. The Bertz CT molecular complexity index is 194. The minimum atomic E-state index is 0.293. The molecule has 1 aliphatic rings. The number of aliphatic hydroxyl groups is 1. The summed E-state index contributed by atoms with van der Waals surface area (Å²) in [5, 5.41) is 8.55. The van der Waals surface area contributed by atoms with Crippen molar-refractivity contribution in [3.8, 4) is 0 Å². The Morgan fingerprint density at radius 1 is 1.23 bits per heavy atom. The first-order valence-corrected chi connectivity index (χ1v) is 5.17. The van der Waals surface area contributed by atoms with Crippen molar-refractivity contribution in [2.75, 3.05) is 6.61 Å². The maximum absolute atomic E-state index is 11.2. The molecule has 0 radical (unpaired) electrons. The van der Waals surface area contributed by atoms with Crippen molar-refractivity contribution in [1.82, 2.24) is 0 Å². The molecule has 0 spiro atoms. The zero-order valence-electron chi connectivity index (χ0n) is 8.09. The summed E-state index contributed by atoms with van der Waals surface area (Å²) < 4.78 is 0. The Labute approximate surface area is 79.6 Å². The predicted molar refractivity (Wildman–Crippen MR) is 52.5 cm³/mol. The van der Waals surface area contributed by atoms with Crippen LogP contribution in [0.1, 0.15) is 44.9 Å². The molecule has 0 bridgehead atoms. The lowest BCUT2D eigenvalue weighted by atomic mass is 10.1. The van der Waals surface area contributed by atoms with E-state index >= 15 is 0 Å². The fourth-order valence-electron chi connectivity index (χ4n) is 1.67. The number of unbranched alkanes of at least 4 members (excludes halogenated alkanes) is 3. The highest BCUT2D eigenvalue weighted by Gasteiger charge is 2.13. The van der Waals surface area contributed by atoms with Gasteiger partial charge in [-0.2, -0.15) is 0 Å². The van der Waals surface area contributed by atoms with Crippen LogP contribution in [0.3, 0.4) is 0 Å². The van der Waals surface area contributed by atoms with E-state index in [0.717, 1.165) is 50.5 Å². The molecule has 0 aromatic rings. The molecule has 0 aromatic carbocycles. The molecule has 1 aliphatic carbocycles. The van der Waals surface area contributed by atoms with Crippen molar-refractivity contribution in [2.24, 2.45) is 0 Å². The molecule has 13 heavy (non-hydrogen) atoms. The summed E-state index contributed by atoms with van der Waals surface area (Å²) in [4.78, 5) is 11.2. The van der Waals surface area contributed by atoms with Gasteiger partial charge in [0, 0.05) is 13.0 Å². The SMILES string of the molecule is O=C1CCC=C1CCCCCCO. The first-order valence-electron chi connectivity index (χ1n) is 5.17. The summed E-state index contributed by atoms with van der Waals surface area (Å²) in [6.45, 7) is 0.293. The van der Waals surface area contributed by atoms with Gasteiger partial charge in [-0.15, -0.1) is 0 Å². The molecule has 0 atom stereocenters. The zero-order chi connectivity index (χ0) is 9.52. The van der Waals surface area contributed by atoms with Gasteiger partial charge in [0.15, 0.2) is 5.78 Å². The van der Waals surface area contributed by atoms with Gasteiger partial charge in [0.25, 0.3) is 0 Å². The maximum atomic E-state index is 11.2. The molecular formula is C11H18O2. The van der Waals surface area contributed by atoms with Crippen molar-refractivity contribution >= 4 is 5.78 Å². The molecule has 0 unspecified atom stereocenters. The van der Waals surface area contributed by atoms with Crippen molar-refractivity contribution < 1.29 is 9.90 Å². The number of rotatable bonds is 6. The van der Waals surface area contributed by atoms with E-state index < -0.39 is 0 Å². The summed E-state index contributed by atoms with van der Waals surface area (Å²) in [5.41, 5.74) is 1.05. The third-order valence-corrected chi connectivity index (χ3v) is 2.47. The van der Waals surface area contributed by atoms with Crippen LogP contribution in [0.25, 0.3) is 0 Å². The Kier molecular flexibility index (Phi) is 4.76. The van der Waals surface area contributed by atoms with E-state index in [4.69, 9.17) is 5.11 Å². The highest BCUT2D eigenvalue weighted by atomic mass is 16.2. The third kappa shape index (κ3) is 3.73. The second-order valence-corrected chi connectivity index (χ2v) is 3.58. The van der Waals surface area contributed by atoms with E-state index in [9.17, 15) is 4.79 Å². The monoisotopic (exact) mass is 182 g/mol. The Morgan fingerprint density at radius 2 is 2.00 bits per heavy atom. The van der Waals surface area contributed by atoms with Gasteiger partial charge in [0.1, 0.15) is 0 Å². The normalized spacial score (nSPS) is 16.4. The third-order valence-electron chi connectivity index (χ3n) is 2.47. The van der Waals surface area contributed by atoms with Crippen molar-refractivity contribution in [2.45, 2.75) is 44.9 Å². The van der Waals surface area contributed by atoms with Gasteiger partial charge in [-0.25, -0.2) is 0 Å². The van der Waals surface area contributed by atoms with E-state index in [1.807, 2.05) is 0 Å². The number of hydrogen-bond donors (Lipinski definition) is 1. The van der Waals surface area contributed by atoms with E-state index in [2.05, 4.69) is 6.08 Å². The molecule has 2 heteroatoms. The van der Waals surface area contributed by atoms with Crippen LogP contribution in [0.2, 0.25) is 0 Å². The molecule has 0 saturated heterocycles. The average molecular weight is 182 g/mol. The van der Waals surface area contributed by atoms with Crippen LogP contribution < -0.4 is 0 Å². The number of carbonyl (C=O) groups excluding carboxylic acids is 1. The lowest BCUT2D eigenvalue weighted by molar-refractivity contribution is -0.115. The first kappa shape index (κ1) is 10.5. The van der Waals surface area contributed by atoms with Gasteiger partial charge in [-0.3, -0.25) is 4.79 Å². The van der Waals surface area contributed by atoms with E-state index in [-0.39, 0.29) is 0 Å². The number of Topliss-reactive ketones (excluding diaryl/α,β-unsaturated/α-hetero) is 1. The van der Waals surface area contributed by atoms with Gasteiger partial charge in [-0.05, 0) is 31.3 Å². The molecule has 0 fully saturated rings. The number of carbonyl (C=O) groups is 1. The molecule has 74 valence electrons. The zero-order valence-corrected chi connectivity index (χ0v) is 8.09. The van der Waals surface area contributed by atoms with Crippen LogP contribution in [0.15, 0.2) is 11.6 Å². The lowest BCUT2D eigenvalue weighted by Gasteiger charge is -2.00.